The Labute approximate surface area is 95.0 Å². The molecule has 0 bridgehead atoms. The molecule has 0 unspecified atom stereocenters. The van der Waals surface area contributed by atoms with Gasteiger partial charge >= 0.3 is 5.51 Å². The second kappa shape index (κ2) is 4.80. The summed E-state index contributed by atoms with van der Waals surface area (Å²) in [5, 5.41) is 9.42. The first-order chi connectivity index (χ1) is 7.33. The predicted molar refractivity (Wildman–Crippen MR) is 57.1 cm³/mol. The van der Waals surface area contributed by atoms with Gasteiger partial charge in [-0.05, 0) is 30.0 Å². The number of phenols is 1. The van der Waals surface area contributed by atoms with Crippen molar-refractivity contribution in [1.29, 1.82) is 0 Å². The number of nitrogens with two attached hydrogens (primary N) is 1. The smallest absolute Gasteiger partial charge is 0.446 e. The van der Waals surface area contributed by atoms with E-state index in [1.165, 1.54) is 24.3 Å². The molecule has 0 fully saturated rings. The first-order valence-electron chi connectivity index (χ1n) is 4.30. The second-order valence-corrected chi connectivity index (χ2v) is 4.17. The minimum atomic E-state index is -4.35. The Morgan fingerprint density at radius 1 is 1.44 bits per heavy atom. The maximum atomic E-state index is 12.1. The van der Waals surface area contributed by atoms with Crippen LogP contribution in [0.1, 0.15) is 11.6 Å². The molecule has 0 aliphatic carbocycles. The molecule has 0 aliphatic heterocycles. The quantitative estimate of drug-likeness (QED) is 0.638. The molecule has 6 heteroatoms. The van der Waals surface area contributed by atoms with Gasteiger partial charge in [0.1, 0.15) is 5.75 Å². The van der Waals surface area contributed by atoms with Gasteiger partial charge in [-0.25, -0.2) is 0 Å². The van der Waals surface area contributed by atoms with Gasteiger partial charge in [0, 0.05) is 10.5 Å². The fourth-order valence-corrected chi connectivity index (χ4v) is 1.71. The lowest BCUT2D eigenvalue weighted by molar-refractivity contribution is -0.0328. The Morgan fingerprint density at radius 3 is 2.56 bits per heavy atom. The van der Waals surface area contributed by atoms with Gasteiger partial charge in [0.25, 0.3) is 0 Å². The van der Waals surface area contributed by atoms with Gasteiger partial charge in [-0.15, -0.1) is 6.58 Å². The molecule has 0 radical (unpaired) electrons. The van der Waals surface area contributed by atoms with Crippen LogP contribution in [0.4, 0.5) is 13.2 Å². The third-order valence-electron chi connectivity index (χ3n) is 1.85. The molecule has 0 saturated carbocycles. The number of alkyl halides is 3. The van der Waals surface area contributed by atoms with E-state index in [2.05, 4.69) is 6.58 Å². The predicted octanol–water partition coefficient (Wildman–Crippen LogP) is 3.19. The molecule has 1 aromatic carbocycles. The molecule has 0 spiro atoms. The second-order valence-electron chi connectivity index (χ2n) is 3.03. The Hall–Kier alpha value is -1.14. The van der Waals surface area contributed by atoms with Crippen LogP contribution in [0.5, 0.6) is 5.75 Å². The zero-order chi connectivity index (χ0) is 12.3. The molecule has 0 aliphatic rings. The molecular formula is C10H10F3NOS. The summed E-state index contributed by atoms with van der Waals surface area (Å²) in [6.07, 6.45) is 1.34. The molecular weight excluding hydrogens is 239 g/mol. The minimum Gasteiger partial charge on any atom is -0.508 e. The van der Waals surface area contributed by atoms with Crippen LogP contribution in [0.25, 0.3) is 0 Å². The highest BCUT2D eigenvalue weighted by atomic mass is 32.2. The van der Waals surface area contributed by atoms with Gasteiger partial charge in [-0.2, -0.15) is 13.2 Å². The summed E-state index contributed by atoms with van der Waals surface area (Å²) < 4.78 is 36.3. The molecule has 1 rings (SSSR count). The highest BCUT2D eigenvalue weighted by Crippen LogP contribution is 2.39. The number of rotatable bonds is 3. The van der Waals surface area contributed by atoms with E-state index in [1.54, 1.807) is 0 Å². The standard InChI is InChI=1S/C10H10F3NOS/c1-2-8(14)7-5-6(3-4-9(7)15)16-10(11,12)13/h2-5,8,15H,1,14H2/t8-/m1/s1. The normalized spacial score (nSPS) is 13.5. The average molecular weight is 249 g/mol. The van der Waals surface area contributed by atoms with Crippen LogP contribution in [0.2, 0.25) is 0 Å². The molecule has 0 amide bonds. The number of hydrogen-bond acceptors (Lipinski definition) is 3. The van der Waals surface area contributed by atoms with Crippen molar-refractivity contribution in [2.45, 2.75) is 16.4 Å². The van der Waals surface area contributed by atoms with Crippen LogP contribution in [0.15, 0.2) is 35.7 Å². The van der Waals surface area contributed by atoms with Crippen LogP contribution in [-0.4, -0.2) is 10.6 Å². The Kier molecular flexibility index (Phi) is 3.88. The van der Waals surface area contributed by atoms with Gasteiger partial charge < -0.3 is 10.8 Å². The molecule has 16 heavy (non-hydrogen) atoms. The van der Waals surface area contributed by atoms with Crippen molar-refractivity contribution in [3.8, 4) is 5.75 Å². The third-order valence-corrected chi connectivity index (χ3v) is 2.57. The number of phenolic OH excluding ortho intramolecular Hbond substituents is 1. The van der Waals surface area contributed by atoms with E-state index < -0.39 is 11.6 Å². The summed E-state index contributed by atoms with van der Waals surface area (Å²) in [4.78, 5) is -0.0161. The number of aromatic hydroxyl groups is 1. The van der Waals surface area contributed by atoms with Gasteiger partial charge in [-0.1, -0.05) is 6.08 Å². The summed E-state index contributed by atoms with van der Waals surface area (Å²) in [5.74, 6) is -0.140. The number of halogens is 3. The van der Waals surface area contributed by atoms with Crippen LogP contribution < -0.4 is 5.73 Å². The van der Waals surface area contributed by atoms with Crippen molar-refractivity contribution in [1.82, 2.24) is 0 Å². The van der Waals surface area contributed by atoms with Crippen LogP contribution in [0.3, 0.4) is 0 Å². The first-order valence-corrected chi connectivity index (χ1v) is 5.12. The monoisotopic (exact) mass is 249 g/mol. The maximum Gasteiger partial charge on any atom is 0.446 e. The van der Waals surface area contributed by atoms with Crippen molar-refractivity contribution in [2.24, 2.45) is 5.73 Å². The SMILES string of the molecule is C=C[C@@H](N)c1cc(SC(F)(F)F)ccc1O. The van der Waals surface area contributed by atoms with Gasteiger partial charge in [0.2, 0.25) is 0 Å². The fraction of sp³-hybridized carbons (Fsp3) is 0.200. The zero-order valence-corrected chi connectivity index (χ0v) is 8.98. The molecule has 3 N–H and O–H groups in total. The summed E-state index contributed by atoms with van der Waals surface area (Å²) >= 11 is -0.249. The molecule has 2 nitrogen and oxygen atoms in total. The lowest BCUT2D eigenvalue weighted by Gasteiger charge is -2.12. The van der Waals surface area contributed by atoms with E-state index in [1.807, 2.05) is 0 Å². The summed E-state index contributed by atoms with van der Waals surface area (Å²) in [7, 11) is 0. The minimum absolute atomic E-state index is 0.0161. The van der Waals surface area contributed by atoms with Crippen molar-refractivity contribution < 1.29 is 18.3 Å². The Bertz CT molecular complexity index is 392. The van der Waals surface area contributed by atoms with Crippen LogP contribution >= 0.6 is 11.8 Å². The summed E-state index contributed by atoms with van der Waals surface area (Å²) in [6, 6.07) is 2.90. The Balaban J connectivity index is 3.03. The number of benzene rings is 1. The molecule has 0 heterocycles. The van der Waals surface area contributed by atoms with E-state index in [4.69, 9.17) is 5.73 Å². The first kappa shape index (κ1) is 12.9. The lowest BCUT2D eigenvalue weighted by Crippen LogP contribution is -2.07. The van der Waals surface area contributed by atoms with E-state index in [-0.39, 0.29) is 28.0 Å². The molecule has 1 atom stereocenters. The van der Waals surface area contributed by atoms with Crippen molar-refractivity contribution in [2.75, 3.05) is 0 Å². The number of hydrogen-bond donors (Lipinski definition) is 2. The number of thioether (sulfide) groups is 1. The highest BCUT2D eigenvalue weighted by molar-refractivity contribution is 8.00. The van der Waals surface area contributed by atoms with Crippen molar-refractivity contribution in [3.63, 3.8) is 0 Å². The van der Waals surface area contributed by atoms with Crippen molar-refractivity contribution >= 4 is 11.8 Å². The van der Waals surface area contributed by atoms with E-state index in [9.17, 15) is 18.3 Å². The lowest BCUT2D eigenvalue weighted by atomic mass is 10.1. The van der Waals surface area contributed by atoms with Crippen LogP contribution in [-0.2, 0) is 0 Å². The summed E-state index contributed by atoms with van der Waals surface area (Å²) in [5.41, 5.74) is 1.43. The highest BCUT2D eigenvalue weighted by Gasteiger charge is 2.29. The summed E-state index contributed by atoms with van der Waals surface area (Å²) in [6.45, 7) is 3.42. The van der Waals surface area contributed by atoms with E-state index in [0.29, 0.717) is 0 Å². The molecule has 0 aromatic heterocycles. The topological polar surface area (TPSA) is 46.2 Å². The van der Waals surface area contributed by atoms with Crippen molar-refractivity contribution in [3.05, 3.63) is 36.4 Å². The average Bonchev–Trinajstić information content (AvgIpc) is 2.18. The Morgan fingerprint density at radius 2 is 2.06 bits per heavy atom. The largest absolute Gasteiger partial charge is 0.508 e. The molecule has 1 aromatic rings. The van der Waals surface area contributed by atoms with E-state index in [0.717, 1.165) is 0 Å². The van der Waals surface area contributed by atoms with E-state index >= 15 is 0 Å². The third kappa shape index (κ3) is 3.46. The van der Waals surface area contributed by atoms with Gasteiger partial charge in [-0.3, -0.25) is 0 Å². The zero-order valence-electron chi connectivity index (χ0n) is 8.16. The van der Waals surface area contributed by atoms with Gasteiger partial charge in [0.15, 0.2) is 0 Å². The maximum absolute atomic E-state index is 12.1. The molecule has 88 valence electrons. The van der Waals surface area contributed by atoms with Crippen LogP contribution in [0, 0.1) is 0 Å². The fourth-order valence-electron chi connectivity index (χ4n) is 1.12. The molecule has 0 saturated heterocycles. The van der Waals surface area contributed by atoms with Gasteiger partial charge in [0.05, 0.1) is 6.04 Å².